The molecule has 2 aromatic carbocycles. The number of carbonyl (C=O) groups excluding carboxylic acids is 1. The Morgan fingerprint density at radius 1 is 1.12 bits per heavy atom. The van der Waals surface area contributed by atoms with Gasteiger partial charge in [-0.2, -0.15) is 0 Å². The van der Waals surface area contributed by atoms with Gasteiger partial charge in [0.15, 0.2) is 0 Å². The highest BCUT2D eigenvalue weighted by molar-refractivity contribution is 9.10. The number of hydrogen-bond acceptors (Lipinski definition) is 3. The van der Waals surface area contributed by atoms with Crippen LogP contribution in [0.15, 0.2) is 28.7 Å². The molecule has 2 rings (SSSR count). The summed E-state index contributed by atoms with van der Waals surface area (Å²) in [4.78, 5) is 11.9. The van der Waals surface area contributed by atoms with Gasteiger partial charge >= 0.3 is 5.97 Å². The molecule has 0 spiro atoms. The summed E-state index contributed by atoms with van der Waals surface area (Å²) in [6.45, 7) is 6.13. The van der Waals surface area contributed by atoms with Crippen LogP contribution in [0.3, 0.4) is 0 Å². The monoisotopic (exact) mass is 444 g/mol. The van der Waals surface area contributed by atoms with Crippen LogP contribution in [0.1, 0.15) is 29.5 Å². The Labute approximate surface area is 166 Å². The fourth-order valence-corrected chi connectivity index (χ4v) is 3.07. The van der Waals surface area contributed by atoms with E-state index in [4.69, 9.17) is 32.7 Å². The Hall–Kier alpha value is -1.23. The minimum atomic E-state index is -0.298. The van der Waals surface area contributed by atoms with E-state index in [2.05, 4.69) is 15.9 Å². The molecule has 3 nitrogen and oxygen atoms in total. The maximum absolute atomic E-state index is 11.9. The third-order valence-electron chi connectivity index (χ3n) is 3.71. The van der Waals surface area contributed by atoms with Crippen LogP contribution >= 0.6 is 39.1 Å². The summed E-state index contributed by atoms with van der Waals surface area (Å²) in [5.74, 6) is 0.925. The normalized spacial score (nSPS) is 10.6. The second-order valence-electron chi connectivity index (χ2n) is 5.78. The van der Waals surface area contributed by atoms with Crippen LogP contribution in [-0.4, -0.2) is 12.6 Å². The minimum absolute atomic E-state index is 0.269. The summed E-state index contributed by atoms with van der Waals surface area (Å²) in [6.07, 6.45) is 0.823. The number of esters is 1. The maximum atomic E-state index is 11.9. The lowest BCUT2D eigenvalue weighted by molar-refractivity contribution is -0.134. The van der Waals surface area contributed by atoms with Gasteiger partial charge in [-0.1, -0.05) is 23.2 Å². The molecular formula is C19H19BrCl2O3. The standard InChI is InChI=1S/C19H19BrCl2O3/c1-11-9-14(6-7-15(11)21)25-17(23)5-4-8-24-16-10-12(2)19(22)13(3)18(16)20/h6-7,9-10H,4-5,8H2,1-3H3. The van der Waals surface area contributed by atoms with E-state index in [1.807, 2.05) is 26.8 Å². The summed E-state index contributed by atoms with van der Waals surface area (Å²) in [5, 5.41) is 1.37. The second kappa shape index (κ2) is 8.93. The van der Waals surface area contributed by atoms with E-state index in [9.17, 15) is 4.79 Å². The van der Waals surface area contributed by atoms with Gasteiger partial charge in [-0.15, -0.1) is 0 Å². The van der Waals surface area contributed by atoms with Crippen LogP contribution in [0.2, 0.25) is 10.0 Å². The SMILES string of the molecule is Cc1cc(OC(=O)CCCOc2cc(C)c(Cl)c(C)c2Br)ccc1Cl. The second-order valence-corrected chi connectivity index (χ2v) is 7.36. The molecule has 0 atom stereocenters. The minimum Gasteiger partial charge on any atom is -0.492 e. The van der Waals surface area contributed by atoms with Gasteiger partial charge < -0.3 is 9.47 Å². The van der Waals surface area contributed by atoms with Crippen molar-refractivity contribution in [3.63, 3.8) is 0 Å². The smallest absolute Gasteiger partial charge is 0.311 e. The first-order valence-electron chi connectivity index (χ1n) is 7.84. The van der Waals surface area contributed by atoms with Crippen molar-refractivity contribution in [1.29, 1.82) is 0 Å². The first-order valence-corrected chi connectivity index (χ1v) is 9.39. The Bertz CT molecular complexity index is 791. The average molecular weight is 446 g/mol. The molecule has 0 heterocycles. The van der Waals surface area contributed by atoms with E-state index >= 15 is 0 Å². The number of aryl methyl sites for hydroxylation is 2. The topological polar surface area (TPSA) is 35.5 Å². The molecule has 0 amide bonds. The molecule has 134 valence electrons. The van der Waals surface area contributed by atoms with Crippen molar-refractivity contribution < 1.29 is 14.3 Å². The number of rotatable bonds is 6. The summed E-state index contributed by atoms with van der Waals surface area (Å²) in [7, 11) is 0. The number of ether oxygens (including phenoxy) is 2. The largest absolute Gasteiger partial charge is 0.492 e. The summed E-state index contributed by atoms with van der Waals surface area (Å²) >= 11 is 15.6. The van der Waals surface area contributed by atoms with Crippen molar-refractivity contribution in [3.8, 4) is 11.5 Å². The first-order chi connectivity index (χ1) is 11.8. The lowest BCUT2D eigenvalue weighted by Crippen LogP contribution is -2.10. The summed E-state index contributed by atoms with van der Waals surface area (Å²) in [6, 6.07) is 7.02. The van der Waals surface area contributed by atoms with Gasteiger partial charge in [0.05, 0.1) is 11.1 Å². The molecular weight excluding hydrogens is 427 g/mol. The van der Waals surface area contributed by atoms with Gasteiger partial charge in [0.1, 0.15) is 11.5 Å². The summed E-state index contributed by atoms with van der Waals surface area (Å²) in [5.41, 5.74) is 2.76. The molecule has 0 aliphatic rings. The fraction of sp³-hybridized carbons (Fsp3) is 0.316. The van der Waals surface area contributed by atoms with Crippen molar-refractivity contribution in [2.45, 2.75) is 33.6 Å². The molecule has 0 aliphatic carbocycles. The van der Waals surface area contributed by atoms with Gasteiger partial charge in [0.25, 0.3) is 0 Å². The molecule has 25 heavy (non-hydrogen) atoms. The van der Waals surface area contributed by atoms with Crippen molar-refractivity contribution >= 4 is 45.1 Å². The molecule has 6 heteroatoms. The number of halogens is 3. The third kappa shape index (κ3) is 5.37. The van der Waals surface area contributed by atoms with E-state index in [-0.39, 0.29) is 12.4 Å². The number of hydrogen-bond donors (Lipinski definition) is 0. The van der Waals surface area contributed by atoms with E-state index in [1.54, 1.807) is 18.2 Å². The molecule has 0 radical (unpaired) electrons. The van der Waals surface area contributed by atoms with Gasteiger partial charge in [-0.25, -0.2) is 0 Å². The van der Waals surface area contributed by atoms with Gasteiger partial charge in [0, 0.05) is 16.5 Å². The van der Waals surface area contributed by atoms with Crippen LogP contribution < -0.4 is 9.47 Å². The lowest BCUT2D eigenvalue weighted by Gasteiger charge is -2.13. The molecule has 2 aromatic rings. The fourth-order valence-electron chi connectivity index (χ4n) is 2.27. The molecule has 0 bridgehead atoms. The zero-order valence-corrected chi connectivity index (χ0v) is 17.4. The first kappa shape index (κ1) is 20.1. The summed E-state index contributed by atoms with van der Waals surface area (Å²) < 4.78 is 11.9. The van der Waals surface area contributed by atoms with E-state index < -0.39 is 0 Å². The molecule has 0 saturated carbocycles. The van der Waals surface area contributed by atoms with Crippen LogP contribution in [0.25, 0.3) is 0 Å². The number of benzene rings is 2. The van der Waals surface area contributed by atoms with Crippen LogP contribution in [0.4, 0.5) is 0 Å². The zero-order chi connectivity index (χ0) is 18.6. The van der Waals surface area contributed by atoms with E-state index in [1.165, 1.54) is 0 Å². The Morgan fingerprint density at radius 2 is 1.84 bits per heavy atom. The average Bonchev–Trinajstić information content (AvgIpc) is 2.57. The molecule has 0 saturated heterocycles. The zero-order valence-electron chi connectivity index (χ0n) is 14.3. The quantitative estimate of drug-likeness (QED) is 0.291. The van der Waals surface area contributed by atoms with Crippen molar-refractivity contribution in [3.05, 3.63) is 55.5 Å². The van der Waals surface area contributed by atoms with Crippen LogP contribution in [0, 0.1) is 20.8 Å². The van der Waals surface area contributed by atoms with Crippen LogP contribution in [0.5, 0.6) is 11.5 Å². The third-order valence-corrected chi connectivity index (χ3v) is 5.70. The molecule has 0 fully saturated rings. The van der Waals surface area contributed by atoms with Gasteiger partial charge in [-0.3, -0.25) is 4.79 Å². The van der Waals surface area contributed by atoms with Crippen LogP contribution in [-0.2, 0) is 4.79 Å². The molecule has 0 unspecified atom stereocenters. The van der Waals surface area contributed by atoms with E-state index in [0.717, 1.165) is 31.9 Å². The highest BCUT2D eigenvalue weighted by atomic mass is 79.9. The van der Waals surface area contributed by atoms with Gasteiger partial charge in [0.2, 0.25) is 0 Å². The maximum Gasteiger partial charge on any atom is 0.311 e. The van der Waals surface area contributed by atoms with Crippen molar-refractivity contribution in [1.82, 2.24) is 0 Å². The van der Waals surface area contributed by atoms with E-state index in [0.29, 0.717) is 23.8 Å². The highest BCUT2D eigenvalue weighted by Gasteiger charge is 2.11. The number of carbonyl (C=O) groups is 1. The molecule has 0 aliphatic heterocycles. The Morgan fingerprint density at radius 3 is 2.52 bits per heavy atom. The Kier molecular flexibility index (Phi) is 7.17. The molecule has 0 N–H and O–H groups in total. The highest BCUT2D eigenvalue weighted by Crippen LogP contribution is 2.35. The van der Waals surface area contributed by atoms with Gasteiger partial charge in [-0.05, 0) is 84.1 Å². The lowest BCUT2D eigenvalue weighted by atomic mass is 10.1. The van der Waals surface area contributed by atoms with Crippen molar-refractivity contribution in [2.75, 3.05) is 6.61 Å². The van der Waals surface area contributed by atoms with Crippen molar-refractivity contribution in [2.24, 2.45) is 0 Å². The predicted octanol–water partition coefficient (Wildman–Crippen LogP) is 6.45. The molecule has 0 aromatic heterocycles. The Balaban J connectivity index is 1.83. The predicted molar refractivity (Wildman–Crippen MR) is 105 cm³/mol.